The third-order valence-electron chi connectivity index (χ3n) is 4.05. The van der Waals surface area contributed by atoms with Crippen molar-refractivity contribution in [2.24, 2.45) is 0 Å². The molecule has 9 nitrogen and oxygen atoms in total. The van der Waals surface area contributed by atoms with E-state index >= 15 is 0 Å². The molecule has 0 fully saturated rings. The van der Waals surface area contributed by atoms with Crippen molar-refractivity contribution in [2.45, 2.75) is 18.7 Å². The lowest BCUT2D eigenvalue weighted by Crippen LogP contribution is -2.30. The second-order valence-corrected chi connectivity index (χ2v) is 8.07. The predicted molar refractivity (Wildman–Crippen MR) is 113 cm³/mol. The fourth-order valence-electron chi connectivity index (χ4n) is 2.68. The SMILES string of the molecule is COc1ccccc1NS(=O)(=O)c1ccc(C(=O)NNc2nc(C)cc(C)n2)cc1. The van der Waals surface area contributed by atoms with E-state index in [1.54, 1.807) is 24.3 Å². The van der Waals surface area contributed by atoms with Gasteiger partial charge in [-0.2, -0.15) is 0 Å². The Bertz CT molecular complexity index is 1140. The summed E-state index contributed by atoms with van der Waals surface area (Å²) in [4.78, 5) is 20.7. The number of hydrazine groups is 1. The number of hydrogen-bond donors (Lipinski definition) is 3. The Morgan fingerprint density at radius 2 is 1.60 bits per heavy atom. The minimum Gasteiger partial charge on any atom is -0.495 e. The molecule has 1 aromatic heterocycles. The number of carbonyl (C=O) groups is 1. The number of aryl methyl sites for hydroxylation is 2. The Labute approximate surface area is 174 Å². The lowest BCUT2D eigenvalue weighted by atomic mass is 10.2. The number of nitrogens with one attached hydrogen (secondary N) is 3. The maximum atomic E-state index is 12.6. The van der Waals surface area contributed by atoms with Gasteiger partial charge in [0, 0.05) is 17.0 Å². The van der Waals surface area contributed by atoms with Crippen molar-refractivity contribution in [3.63, 3.8) is 0 Å². The van der Waals surface area contributed by atoms with Gasteiger partial charge in [-0.1, -0.05) is 12.1 Å². The first-order chi connectivity index (χ1) is 14.3. The highest BCUT2D eigenvalue weighted by Crippen LogP contribution is 2.26. The van der Waals surface area contributed by atoms with Gasteiger partial charge in [0.05, 0.1) is 17.7 Å². The van der Waals surface area contributed by atoms with Gasteiger partial charge in [0.1, 0.15) is 5.75 Å². The summed E-state index contributed by atoms with van der Waals surface area (Å²) in [6.45, 7) is 3.64. The molecular weight excluding hydrogens is 406 g/mol. The van der Waals surface area contributed by atoms with Crippen LogP contribution in [-0.2, 0) is 10.0 Å². The summed E-state index contributed by atoms with van der Waals surface area (Å²) in [5.41, 5.74) is 7.24. The number of methoxy groups -OCH3 is 1. The monoisotopic (exact) mass is 427 g/mol. The van der Waals surface area contributed by atoms with Gasteiger partial charge in [0.15, 0.2) is 0 Å². The Kier molecular flexibility index (Phi) is 6.17. The van der Waals surface area contributed by atoms with Gasteiger partial charge in [0.2, 0.25) is 5.95 Å². The fraction of sp³-hybridized carbons (Fsp3) is 0.150. The second kappa shape index (κ2) is 8.78. The molecule has 3 rings (SSSR count). The van der Waals surface area contributed by atoms with E-state index in [-0.39, 0.29) is 16.4 Å². The molecule has 0 bridgehead atoms. The highest BCUT2D eigenvalue weighted by molar-refractivity contribution is 7.92. The van der Waals surface area contributed by atoms with E-state index in [2.05, 4.69) is 25.5 Å². The molecule has 0 unspecified atom stereocenters. The van der Waals surface area contributed by atoms with E-state index in [9.17, 15) is 13.2 Å². The van der Waals surface area contributed by atoms with Gasteiger partial charge in [-0.05, 0) is 56.3 Å². The third kappa shape index (κ3) is 5.03. The van der Waals surface area contributed by atoms with Crippen molar-refractivity contribution in [1.82, 2.24) is 15.4 Å². The molecule has 0 atom stereocenters. The lowest BCUT2D eigenvalue weighted by Gasteiger charge is -2.12. The highest BCUT2D eigenvalue weighted by Gasteiger charge is 2.17. The van der Waals surface area contributed by atoms with Crippen LogP contribution in [0, 0.1) is 13.8 Å². The summed E-state index contributed by atoms with van der Waals surface area (Å²) >= 11 is 0. The Morgan fingerprint density at radius 1 is 0.967 bits per heavy atom. The maximum absolute atomic E-state index is 12.6. The summed E-state index contributed by atoms with van der Waals surface area (Å²) in [6, 6.07) is 14.0. The molecule has 1 heterocycles. The fourth-order valence-corrected chi connectivity index (χ4v) is 3.76. The first-order valence-electron chi connectivity index (χ1n) is 8.93. The molecule has 2 aromatic carbocycles. The normalized spacial score (nSPS) is 10.9. The number of para-hydroxylation sites is 2. The van der Waals surface area contributed by atoms with Gasteiger partial charge in [-0.25, -0.2) is 18.4 Å². The van der Waals surface area contributed by atoms with E-state index in [1.807, 2.05) is 19.9 Å². The largest absolute Gasteiger partial charge is 0.495 e. The lowest BCUT2D eigenvalue weighted by molar-refractivity contribution is 0.0962. The molecule has 0 saturated heterocycles. The van der Waals surface area contributed by atoms with Crippen molar-refractivity contribution in [2.75, 3.05) is 17.3 Å². The molecule has 1 amide bonds. The van der Waals surface area contributed by atoms with Gasteiger partial charge in [-0.3, -0.25) is 20.4 Å². The smallest absolute Gasteiger partial charge is 0.269 e. The second-order valence-electron chi connectivity index (χ2n) is 6.38. The molecule has 10 heteroatoms. The zero-order valence-electron chi connectivity index (χ0n) is 16.6. The molecule has 0 aliphatic rings. The number of carbonyl (C=O) groups excluding carboxylic acids is 1. The Hall–Kier alpha value is -3.66. The molecule has 0 aliphatic carbocycles. The molecular formula is C20H21N5O4S. The van der Waals surface area contributed by atoms with E-state index in [4.69, 9.17) is 4.74 Å². The number of aromatic nitrogens is 2. The van der Waals surface area contributed by atoms with Crippen LogP contribution in [0.15, 0.2) is 59.5 Å². The Balaban J connectivity index is 1.69. The summed E-state index contributed by atoms with van der Waals surface area (Å²) in [5, 5.41) is 0. The first-order valence-corrected chi connectivity index (χ1v) is 10.4. The van der Waals surface area contributed by atoms with Crippen molar-refractivity contribution in [1.29, 1.82) is 0 Å². The minimum atomic E-state index is -3.85. The summed E-state index contributed by atoms with van der Waals surface area (Å²) in [6.07, 6.45) is 0. The van der Waals surface area contributed by atoms with Crippen molar-refractivity contribution in [3.8, 4) is 5.75 Å². The van der Waals surface area contributed by atoms with Crippen LogP contribution in [0.5, 0.6) is 5.75 Å². The number of nitrogens with zero attached hydrogens (tertiary/aromatic N) is 2. The number of hydrogen-bond acceptors (Lipinski definition) is 7. The number of sulfonamides is 1. The zero-order chi connectivity index (χ0) is 21.7. The van der Waals surface area contributed by atoms with Crippen LogP contribution >= 0.6 is 0 Å². The van der Waals surface area contributed by atoms with Crippen LogP contribution in [0.3, 0.4) is 0 Å². The third-order valence-corrected chi connectivity index (χ3v) is 5.43. The number of rotatable bonds is 7. The van der Waals surface area contributed by atoms with Crippen LogP contribution in [-0.4, -0.2) is 31.4 Å². The predicted octanol–water partition coefficient (Wildman–Crippen LogP) is 2.66. The van der Waals surface area contributed by atoms with Crippen LogP contribution in [0.1, 0.15) is 21.7 Å². The molecule has 30 heavy (non-hydrogen) atoms. The van der Waals surface area contributed by atoms with Gasteiger partial charge >= 0.3 is 0 Å². The van der Waals surface area contributed by atoms with E-state index < -0.39 is 15.9 Å². The molecule has 0 aliphatic heterocycles. The highest BCUT2D eigenvalue weighted by atomic mass is 32.2. The Morgan fingerprint density at radius 3 is 2.23 bits per heavy atom. The van der Waals surface area contributed by atoms with Gasteiger partial charge < -0.3 is 4.74 Å². The molecule has 3 N–H and O–H groups in total. The number of amides is 1. The maximum Gasteiger partial charge on any atom is 0.269 e. The summed E-state index contributed by atoms with van der Waals surface area (Å²) in [5.74, 6) is 0.206. The van der Waals surface area contributed by atoms with Crippen LogP contribution < -0.4 is 20.3 Å². The summed E-state index contributed by atoms with van der Waals surface area (Å²) < 4.78 is 32.9. The quantitative estimate of drug-likeness (QED) is 0.496. The molecule has 0 radical (unpaired) electrons. The zero-order valence-corrected chi connectivity index (χ0v) is 17.4. The average molecular weight is 427 g/mol. The molecule has 0 spiro atoms. The van der Waals surface area contributed by atoms with Gasteiger partial charge in [0.25, 0.3) is 15.9 Å². The molecule has 3 aromatic rings. The minimum absolute atomic E-state index is 0.00978. The topological polar surface area (TPSA) is 122 Å². The number of ether oxygens (including phenoxy) is 1. The van der Waals surface area contributed by atoms with Crippen molar-refractivity contribution in [3.05, 3.63) is 71.5 Å². The standard InChI is InChI=1S/C20H21N5O4S/c1-13-12-14(2)22-20(21-13)24-23-19(26)15-8-10-16(11-9-15)30(27,28)25-17-6-4-5-7-18(17)29-3/h4-12,25H,1-3H3,(H,23,26)(H,21,22,24). The van der Waals surface area contributed by atoms with Crippen LogP contribution in [0.25, 0.3) is 0 Å². The first kappa shape index (κ1) is 21.1. The molecule has 156 valence electrons. The molecule has 0 saturated carbocycles. The van der Waals surface area contributed by atoms with Crippen molar-refractivity contribution < 1.29 is 17.9 Å². The average Bonchev–Trinajstić information content (AvgIpc) is 2.71. The van der Waals surface area contributed by atoms with Crippen LogP contribution in [0.4, 0.5) is 11.6 Å². The summed E-state index contributed by atoms with van der Waals surface area (Å²) in [7, 11) is -2.39. The van der Waals surface area contributed by atoms with Gasteiger partial charge in [-0.15, -0.1) is 0 Å². The number of benzene rings is 2. The van der Waals surface area contributed by atoms with E-state index in [1.165, 1.54) is 31.4 Å². The number of anilines is 2. The van der Waals surface area contributed by atoms with Crippen molar-refractivity contribution >= 4 is 27.6 Å². The van der Waals surface area contributed by atoms with E-state index in [0.29, 0.717) is 11.4 Å². The van der Waals surface area contributed by atoms with E-state index in [0.717, 1.165) is 11.4 Å². The van der Waals surface area contributed by atoms with Crippen LogP contribution in [0.2, 0.25) is 0 Å².